The van der Waals surface area contributed by atoms with E-state index in [9.17, 15) is 0 Å². The smallest absolute Gasteiger partial charge is 0.0777 e. The van der Waals surface area contributed by atoms with Crippen LogP contribution in [0.3, 0.4) is 0 Å². The molecule has 243 valence electrons. The van der Waals surface area contributed by atoms with E-state index in [1.165, 1.54) is 0 Å². The molecule has 1 radical (unpaired) electrons. The standard InChI is InChI=1S/C22H19N2.C22H22N.Ir/c1-16(2)19-14-9-15-20-21(19)24(18-12-7-4-8-13-18)22(23-20)17-10-5-3-6-11-17;1-22(2,3)16-17-9-11-18(12-10-17)20-13-14-23-21(15-20)19-7-5-4-6-8-19;/h3-10,12-16H,1-2H3;4-7,9-15H,16H2,1-3H3;/q2*-1;/i16D;16D2;. The number of para-hydroxylation sites is 2. The van der Waals surface area contributed by atoms with Gasteiger partial charge in [-0.25, -0.2) is 0 Å². The van der Waals surface area contributed by atoms with Crippen LogP contribution in [0.15, 0.2) is 140 Å². The summed E-state index contributed by atoms with van der Waals surface area (Å²) in [5.74, 6) is 0.127. The van der Waals surface area contributed by atoms with Gasteiger partial charge < -0.3 is 9.55 Å². The molecule has 2 aromatic heterocycles. The zero-order valence-corrected chi connectivity index (χ0v) is 30.3. The average Bonchev–Trinajstić information content (AvgIpc) is 3.52. The second-order valence-electron chi connectivity index (χ2n) is 12.7. The van der Waals surface area contributed by atoms with E-state index >= 15 is 0 Å². The average molecular weight is 807 g/mol. The molecule has 0 aliphatic carbocycles. The van der Waals surface area contributed by atoms with Gasteiger partial charge in [-0.05, 0) is 69.9 Å². The molecule has 0 amide bonds. The van der Waals surface area contributed by atoms with Gasteiger partial charge in [0.05, 0.1) is 16.9 Å². The second kappa shape index (κ2) is 15.5. The van der Waals surface area contributed by atoms with E-state index < -0.39 is 17.7 Å². The van der Waals surface area contributed by atoms with Crippen LogP contribution < -0.4 is 0 Å². The minimum Gasteiger partial charge on any atom is -0.333 e. The fourth-order valence-electron chi connectivity index (χ4n) is 5.56. The van der Waals surface area contributed by atoms with E-state index in [0.29, 0.717) is 5.56 Å². The number of aromatic nitrogens is 3. The first kappa shape index (κ1) is 30.7. The summed E-state index contributed by atoms with van der Waals surface area (Å²) >= 11 is 0. The SMILES string of the molecule is [2H]C(C)(C)c1cccc2nc(-c3[c-]cccc3)n(-c3ccccc3)c12.[2H]C([2H])(c1ccc(-c2ccnc(-c3[c-]cccc3)c2)cc1)C(C)(C)C.[Ir]. The van der Waals surface area contributed by atoms with Crippen LogP contribution in [0.1, 0.15) is 55.8 Å². The predicted molar refractivity (Wildman–Crippen MR) is 197 cm³/mol. The van der Waals surface area contributed by atoms with Gasteiger partial charge in [0.1, 0.15) is 0 Å². The van der Waals surface area contributed by atoms with E-state index in [1.54, 1.807) is 6.20 Å². The number of fused-ring (bicyclic) bond motifs is 1. The number of pyridine rings is 1. The summed E-state index contributed by atoms with van der Waals surface area (Å²) < 4.78 is 27.5. The molecule has 4 heteroatoms. The van der Waals surface area contributed by atoms with Crippen molar-refractivity contribution in [1.29, 1.82) is 0 Å². The molecule has 0 atom stereocenters. The largest absolute Gasteiger partial charge is 0.333 e. The summed E-state index contributed by atoms with van der Waals surface area (Å²) in [5, 5.41) is 0. The molecule has 0 spiro atoms. The number of imidazole rings is 1. The van der Waals surface area contributed by atoms with Gasteiger partial charge in [0.25, 0.3) is 0 Å². The molecule has 0 unspecified atom stereocenters. The molecule has 2 heterocycles. The molecule has 0 aliphatic heterocycles. The van der Waals surface area contributed by atoms with Gasteiger partial charge in [-0.15, -0.1) is 71.8 Å². The van der Waals surface area contributed by atoms with E-state index in [2.05, 4.69) is 33.8 Å². The maximum Gasteiger partial charge on any atom is 0.0777 e. The van der Waals surface area contributed by atoms with Crippen molar-refractivity contribution >= 4 is 11.0 Å². The molecule has 5 aromatic carbocycles. The Morgan fingerprint density at radius 1 is 0.750 bits per heavy atom. The molecule has 0 saturated carbocycles. The molecule has 7 aromatic rings. The molecule has 0 fully saturated rings. The van der Waals surface area contributed by atoms with Crippen LogP contribution in [-0.2, 0) is 26.5 Å². The van der Waals surface area contributed by atoms with Crippen molar-refractivity contribution in [2.24, 2.45) is 5.41 Å². The van der Waals surface area contributed by atoms with Crippen molar-refractivity contribution in [3.05, 3.63) is 163 Å². The number of rotatable bonds is 6. The van der Waals surface area contributed by atoms with Gasteiger partial charge >= 0.3 is 0 Å². The second-order valence-corrected chi connectivity index (χ2v) is 12.7. The first-order valence-corrected chi connectivity index (χ1v) is 15.9. The molecular formula is C44H41IrN3-2. The van der Waals surface area contributed by atoms with Gasteiger partial charge in [-0.3, -0.25) is 4.98 Å². The zero-order valence-electron chi connectivity index (χ0n) is 31.0. The Labute approximate surface area is 303 Å². The van der Waals surface area contributed by atoms with E-state index in [-0.39, 0.29) is 20.1 Å². The third-order valence-electron chi connectivity index (χ3n) is 7.66. The van der Waals surface area contributed by atoms with Gasteiger partial charge in [-0.1, -0.05) is 95.3 Å². The maximum atomic E-state index is 8.58. The first-order valence-electron chi connectivity index (χ1n) is 17.4. The first-order chi connectivity index (χ1) is 23.8. The van der Waals surface area contributed by atoms with E-state index in [4.69, 9.17) is 9.10 Å². The van der Waals surface area contributed by atoms with Crippen LogP contribution in [0.2, 0.25) is 0 Å². The van der Waals surface area contributed by atoms with Crippen LogP contribution in [0.4, 0.5) is 0 Å². The zero-order chi connectivity index (χ0) is 35.5. The Kier molecular flexibility index (Phi) is 9.92. The van der Waals surface area contributed by atoms with Crippen LogP contribution >= 0.6 is 0 Å². The summed E-state index contributed by atoms with van der Waals surface area (Å²) in [7, 11) is 0. The molecule has 0 N–H and O–H groups in total. The normalized spacial score (nSPS) is 12.6. The summed E-state index contributed by atoms with van der Waals surface area (Å²) in [4.78, 5) is 9.31. The molecule has 0 saturated heterocycles. The topological polar surface area (TPSA) is 30.7 Å². The predicted octanol–water partition coefficient (Wildman–Crippen LogP) is 11.4. The fourth-order valence-corrected chi connectivity index (χ4v) is 5.56. The fraction of sp³-hybridized carbons (Fsp3) is 0.182. The Balaban J connectivity index is 0.000000194. The monoisotopic (exact) mass is 807 g/mol. The van der Waals surface area contributed by atoms with E-state index in [0.717, 1.165) is 56.1 Å². The van der Waals surface area contributed by atoms with Crippen molar-refractivity contribution in [3.63, 3.8) is 0 Å². The third-order valence-corrected chi connectivity index (χ3v) is 7.66. The summed E-state index contributed by atoms with van der Waals surface area (Å²) in [5.41, 5.74) is 9.02. The minimum atomic E-state index is -1.38. The Morgan fingerprint density at radius 3 is 2.04 bits per heavy atom. The van der Waals surface area contributed by atoms with Crippen molar-refractivity contribution in [2.75, 3.05) is 0 Å². The van der Waals surface area contributed by atoms with E-state index in [1.807, 2.05) is 156 Å². The van der Waals surface area contributed by atoms with Gasteiger partial charge in [0.2, 0.25) is 0 Å². The molecule has 3 nitrogen and oxygen atoms in total. The van der Waals surface area contributed by atoms with Crippen molar-refractivity contribution in [1.82, 2.24) is 14.5 Å². The Bertz CT molecular complexity index is 2190. The minimum absolute atomic E-state index is 0. The maximum absolute atomic E-state index is 8.58. The quantitative estimate of drug-likeness (QED) is 0.157. The Hall–Kier alpha value is -4.63. The molecule has 0 aliphatic rings. The summed E-state index contributed by atoms with van der Waals surface area (Å²) in [6, 6.07) is 50.1. The number of hydrogen-bond donors (Lipinski definition) is 0. The molecule has 7 rings (SSSR count). The van der Waals surface area contributed by atoms with Crippen LogP contribution in [-0.4, -0.2) is 14.5 Å². The molecule has 0 bridgehead atoms. The van der Waals surface area contributed by atoms with Crippen molar-refractivity contribution < 1.29 is 24.2 Å². The summed E-state index contributed by atoms with van der Waals surface area (Å²) in [6.45, 7) is 9.60. The third kappa shape index (κ3) is 8.26. The van der Waals surface area contributed by atoms with Crippen LogP contribution in [0, 0.1) is 17.5 Å². The van der Waals surface area contributed by atoms with Crippen molar-refractivity contribution in [3.8, 4) is 39.5 Å². The van der Waals surface area contributed by atoms with Gasteiger partial charge in [0, 0.05) is 36.1 Å². The van der Waals surface area contributed by atoms with Crippen molar-refractivity contribution in [2.45, 2.75) is 46.9 Å². The van der Waals surface area contributed by atoms with Crippen LogP contribution in [0.5, 0.6) is 0 Å². The van der Waals surface area contributed by atoms with Crippen LogP contribution in [0.25, 0.3) is 50.5 Å². The van der Waals surface area contributed by atoms with Gasteiger partial charge in [-0.2, -0.15) is 0 Å². The molecular weight excluding hydrogens is 763 g/mol. The number of nitrogens with zero attached hydrogens (tertiary/aromatic N) is 3. The number of benzene rings is 5. The Morgan fingerprint density at radius 2 is 1.42 bits per heavy atom. The summed E-state index contributed by atoms with van der Waals surface area (Å²) in [6.07, 6.45) is 0.418. The number of hydrogen-bond acceptors (Lipinski definition) is 2. The van der Waals surface area contributed by atoms with Gasteiger partial charge in [0.15, 0.2) is 0 Å². The molecule has 48 heavy (non-hydrogen) atoms.